The number of nitrogens with zero attached hydrogens (tertiary/aromatic N) is 4. The second kappa shape index (κ2) is 9.64. The third-order valence-corrected chi connectivity index (χ3v) is 6.01. The molecule has 1 N–H and O–H groups in total. The van der Waals surface area contributed by atoms with Crippen LogP contribution in [-0.2, 0) is 13.2 Å². The van der Waals surface area contributed by atoms with Gasteiger partial charge in [0.1, 0.15) is 5.82 Å². The van der Waals surface area contributed by atoms with Crippen LogP contribution in [0.5, 0.6) is 5.88 Å². The number of halogens is 10. The largest absolute Gasteiger partial charge is 0.436 e. The first-order valence-electron chi connectivity index (χ1n) is 11.0. The summed E-state index contributed by atoms with van der Waals surface area (Å²) in [6.07, 6.45) is -12.0. The number of rotatable bonds is 7. The van der Waals surface area contributed by atoms with Crippen molar-refractivity contribution in [2.75, 3.05) is 0 Å². The quantitative estimate of drug-likeness (QED) is 0.346. The number of nitrogens with one attached hydrogen (secondary N) is 1. The molecular weight excluding hydrogens is 573 g/mol. The van der Waals surface area contributed by atoms with Gasteiger partial charge < -0.3 is 10.1 Å². The predicted molar refractivity (Wildman–Crippen MR) is 117 cm³/mol. The third-order valence-electron chi connectivity index (χ3n) is 5.62. The van der Waals surface area contributed by atoms with Gasteiger partial charge in [0.15, 0.2) is 11.4 Å². The average Bonchev–Trinajstić information content (AvgIpc) is 3.36. The number of carbonyl (C=O) groups excluding carboxylic acids is 1. The van der Waals surface area contributed by atoms with Gasteiger partial charge in [-0.1, -0.05) is 11.6 Å². The molecule has 0 radical (unpaired) electrons. The van der Waals surface area contributed by atoms with Crippen LogP contribution in [0.25, 0.3) is 16.9 Å². The number of ether oxygens (including phenoxy) is 1. The van der Waals surface area contributed by atoms with Crippen LogP contribution in [0.15, 0.2) is 24.5 Å². The molecule has 1 fully saturated rings. The van der Waals surface area contributed by atoms with Crippen LogP contribution in [0, 0.1) is 5.82 Å². The number of aryl methyl sites for hydroxylation is 1. The van der Waals surface area contributed by atoms with E-state index in [2.05, 4.69) is 20.3 Å². The fraction of sp³-hybridized carbons (Fsp3) is 0.409. The molecule has 39 heavy (non-hydrogen) atoms. The molecule has 0 saturated heterocycles. The summed E-state index contributed by atoms with van der Waals surface area (Å²) in [7, 11) is 0.924. The molecule has 0 spiro atoms. The molecule has 2 atom stereocenters. The minimum Gasteiger partial charge on any atom is -0.436 e. The van der Waals surface area contributed by atoms with Gasteiger partial charge >= 0.3 is 12.4 Å². The van der Waals surface area contributed by atoms with Crippen molar-refractivity contribution < 1.29 is 49.0 Å². The Balaban J connectivity index is 1.75. The van der Waals surface area contributed by atoms with Gasteiger partial charge in [0.05, 0.1) is 16.8 Å². The fourth-order valence-corrected chi connectivity index (χ4v) is 3.80. The molecule has 212 valence electrons. The lowest BCUT2D eigenvalue weighted by molar-refractivity contribution is -0.253. The van der Waals surface area contributed by atoms with E-state index in [1.54, 1.807) is 0 Å². The maximum Gasteiger partial charge on any atom is 0.426 e. The summed E-state index contributed by atoms with van der Waals surface area (Å²) in [6.45, 7) is -0.0300. The second-order valence-corrected chi connectivity index (χ2v) is 9.24. The Morgan fingerprint density at radius 1 is 1.15 bits per heavy atom. The molecule has 2 heterocycles. The third kappa shape index (κ3) is 5.79. The highest BCUT2D eigenvalue weighted by atomic mass is 35.5. The van der Waals surface area contributed by atoms with Crippen LogP contribution in [0.4, 0.5) is 39.5 Å². The highest BCUT2D eigenvalue weighted by Crippen LogP contribution is 2.43. The van der Waals surface area contributed by atoms with Crippen LogP contribution < -0.4 is 10.1 Å². The minimum atomic E-state index is -5.78. The maximum absolute atomic E-state index is 14.5. The number of amides is 1. The molecule has 1 aliphatic rings. The first-order chi connectivity index (χ1) is 17.9. The highest BCUT2D eigenvalue weighted by Gasteiger charge is 2.56. The second-order valence-electron chi connectivity index (χ2n) is 8.86. The Morgan fingerprint density at radius 2 is 1.79 bits per heavy atom. The zero-order chi connectivity index (χ0) is 29.1. The summed E-state index contributed by atoms with van der Waals surface area (Å²) in [5.74, 6) is -8.55. The van der Waals surface area contributed by atoms with Crippen molar-refractivity contribution >= 4 is 17.5 Å². The Kier molecular flexibility index (Phi) is 7.06. The van der Waals surface area contributed by atoms with E-state index in [1.165, 1.54) is 6.07 Å². The van der Waals surface area contributed by atoms with Crippen molar-refractivity contribution in [1.29, 1.82) is 0 Å². The molecule has 7 nitrogen and oxygen atoms in total. The fourth-order valence-electron chi connectivity index (χ4n) is 3.61. The van der Waals surface area contributed by atoms with Gasteiger partial charge in [0.25, 0.3) is 17.9 Å². The number of hydrogen-bond donors (Lipinski definition) is 1. The Bertz CT molecular complexity index is 1410. The SMILES string of the molecule is Cn1nc(OC(C)(F)C(F)C(F)(F)F)c(C(F)(F)F)c1-n1cc(-c2cc(F)c(Cl)c(C(=O)NC3CC3)c2)cn1. The van der Waals surface area contributed by atoms with Crippen molar-refractivity contribution in [3.05, 3.63) is 46.5 Å². The molecule has 2 unspecified atom stereocenters. The first kappa shape index (κ1) is 28.6. The average molecular weight is 590 g/mol. The van der Waals surface area contributed by atoms with Gasteiger partial charge in [0.2, 0.25) is 5.88 Å². The van der Waals surface area contributed by atoms with E-state index in [1.807, 2.05) is 0 Å². The predicted octanol–water partition coefficient (Wildman–Crippen LogP) is 5.94. The van der Waals surface area contributed by atoms with E-state index in [0.717, 1.165) is 38.3 Å². The number of aromatic nitrogens is 4. The number of benzene rings is 1. The molecule has 1 aromatic carbocycles. The van der Waals surface area contributed by atoms with E-state index in [0.29, 0.717) is 9.36 Å². The molecule has 0 aliphatic heterocycles. The molecule has 1 saturated carbocycles. The summed E-state index contributed by atoms with van der Waals surface area (Å²) in [5.41, 5.74) is -2.09. The highest BCUT2D eigenvalue weighted by molar-refractivity contribution is 6.34. The molecule has 0 bridgehead atoms. The lowest BCUT2D eigenvalue weighted by atomic mass is 10.1. The summed E-state index contributed by atoms with van der Waals surface area (Å²) >= 11 is 5.92. The number of alkyl halides is 8. The topological polar surface area (TPSA) is 74.0 Å². The normalized spacial score (nSPS) is 16.6. The summed E-state index contributed by atoms with van der Waals surface area (Å²) < 4.78 is 128. The van der Waals surface area contributed by atoms with Crippen molar-refractivity contribution in [2.24, 2.45) is 7.05 Å². The van der Waals surface area contributed by atoms with Gasteiger partial charge in [0, 0.05) is 31.8 Å². The zero-order valence-electron chi connectivity index (χ0n) is 19.8. The zero-order valence-corrected chi connectivity index (χ0v) is 20.5. The van der Waals surface area contributed by atoms with Crippen molar-refractivity contribution in [3.8, 4) is 22.8 Å². The standard InChI is InChI=1S/C22H17ClF9N5O2/c1-20(26,19(25)22(30,31)32)39-17-14(21(27,28)29)18(36(2)35-17)37-8-10(7-33-37)9-5-12(15(23)13(24)6-9)16(38)34-11-3-4-11/h5-8,11,19H,3-4H2,1-2H3,(H,34,38). The van der Waals surface area contributed by atoms with Gasteiger partial charge in [-0.2, -0.15) is 35.8 Å². The molecule has 1 aliphatic carbocycles. The smallest absolute Gasteiger partial charge is 0.426 e. The van der Waals surface area contributed by atoms with E-state index >= 15 is 0 Å². The van der Waals surface area contributed by atoms with Crippen LogP contribution in [0.3, 0.4) is 0 Å². The van der Waals surface area contributed by atoms with Crippen molar-refractivity contribution in [1.82, 2.24) is 24.9 Å². The molecular formula is C22H17ClF9N5O2. The summed E-state index contributed by atoms with van der Waals surface area (Å²) in [5, 5.41) is 9.21. The summed E-state index contributed by atoms with van der Waals surface area (Å²) in [4.78, 5) is 12.4. The van der Waals surface area contributed by atoms with Gasteiger partial charge in [-0.25, -0.2) is 18.1 Å². The molecule has 1 amide bonds. The van der Waals surface area contributed by atoms with Crippen LogP contribution >= 0.6 is 11.6 Å². The lowest BCUT2D eigenvalue weighted by Gasteiger charge is -2.26. The van der Waals surface area contributed by atoms with Crippen LogP contribution in [0.1, 0.15) is 35.7 Å². The van der Waals surface area contributed by atoms with E-state index in [-0.39, 0.29) is 29.7 Å². The maximum atomic E-state index is 14.5. The Labute approximate surface area is 218 Å². The Hall–Kier alpha value is -3.43. The first-order valence-corrected chi connectivity index (χ1v) is 11.4. The van der Waals surface area contributed by atoms with Crippen molar-refractivity contribution in [2.45, 2.75) is 50.2 Å². The lowest BCUT2D eigenvalue weighted by Crippen LogP contribution is -2.47. The monoisotopic (exact) mass is 589 g/mol. The summed E-state index contributed by atoms with van der Waals surface area (Å²) in [6, 6.07) is 2.02. The van der Waals surface area contributed by atoms with Gasteiger partial charge in [-0.15, -0.1) is 5.10 Å². The van der Waals surface area contributed by atoms with E-state index < -0.39 is 58.4 Å². The molecule has 3 aromatic rings. The molecule has 2 aromatic heterocycles. The molecule has 17 heteroatoms. The van der Waals surface area contributed by atoms with E-state index in [4.69, 9.17) is 11.6 Å². The minimum absolute atomic E-state index is 0.000875. The number of hydrogen-bond acceptors (Lipinski definition) is 4. The van der Waals surface area contributed by atoms with Gasteiger partial charge in [-0.3, -0.25) is 4.79 Å². The van der Waals surface area contributed by atoms with Crippen LogP contribution in [-0.4, -0.2) is 49.7 Å². The number of carbonyl (C=O) groups is 1. The molecule has 4 rings (SSSR count). The van der Waals surface area contributed by atoms with E-state index in [9.17, 15) is 44.3 Å². The van der Waals surface area contributed by atoms with Crippen molar-refractivity contribution in [3.63, 3.8) is 0 Å². The Morgan fingerprint density at radius 3 is 2.36 bits per heavy atom. The van der Waals surface area contributed by atoms with Gasteiger partial charge in [-0.05, 0) is 30.5 Å². The van der Waals surface area contributed by atoms with Crippen LogP contribution in [0.2, 0.25) is 5.02 Å².